The first-order chi connectivity index (χ1) is 14.2. The van der Waals surface area contributed by atoms with Crippen molar-refractivity contribution < 1.29 is 9.30 Å². The number of pyridine rings is 1. The number of aryl methyl sites for hydroxylation is 2. The molecule has 4 aromatic rings. The predicted octanol–water partition coefficient (Wildman–Crippen LogP) is 6.95. The maximum Gasteiger partial charge on any atom is 0.257 e. The Hall–Kier alpha value is -2.87. The topological polar surface area (TPSA) is 13.1 Å². The lowest BCUT2D eigenvalue weighted by Crippen LogP contribution is -2.32. The summed E-state index contributed by atoms with van der Waals surface area (Å²) in [6.45, 7) is 2.21. The Balaban J connectivity index is 1.61. The summed E-state index contributed by atoms with van der Waals surface area (Å²) in [5.41, 5.74) is 5.28. The van der Waals surface area contributed by atoms with Crippen LogP contribution in [0.4, 0.5) is 0 Å². The fraction of sp³-hybridized carbons (Fsp3) is 0.296. The highest BCUT2D eigenvalue weighted by atomic mass is 16.5. The zero-order valence-electron chi connectivity index (χ0n) is 17.2. The Morgan fingerprint density at radius 2 is 1.79 bits per heavy atom. The third kappa shape index (κ3) is 2.51. The summed E-state index contributed by atoms with van der Waals surface area (Å²) in [6, 6.07) is 17.8. The molecule has 6 rings (SSSR count). The minimum Gasteiger partial charge on any atom is -0.449 e. The molecule has 0 unspecified atom stereocenters. The second-order valence-electron chi connectivity index (χ2n) is 8.81. The molecule has 0 amide bonds. The van der Waals surface area contributed by atoms with Gasteiger partial charge in [-0.2, -0.15) is 4.57 Å². The lowest BCUT2D eigenvalue weighted by atomic mass is 9.83. The van der Waals surface area contributed by atoms with Gasteiger partial charge in [0.2, 0.25) is 5.75 Å². The number of hydrogen-bond acceptors (Lipinski definition) is 1. The molecule has 1 fully saturated rings. The Bertz CT molecular complexity index is 1280. The van der Waals surface area contributed by atoms with Crippen LogP contribution in [0.5, 0.6) is 11.5 Å². The molecule has 0 bridgehead atoms. The minimum atomic E-state index is 0.715. The van der Waals surface area contributed by atoms with Crippen molar-refractivity contribution in [3.63, 3.8) is 0 Å². The van der Waals surface area contributed by atoms with Gasteiger partial charge in [-0.3, -0.25) is 0 Å². The monoisotopic (exact) mass is 380 g/mol. The van der Waals surface area contributed by atoms with Crippen LogP contribution < -0.4 is 9.30 Å². The molecule has 0 N–H and O–H groups in total. The van der Waals surface area contributed by atoms with E-state index in [4.69, 9.17) is 4.74 Å². The van der Waals surface area contributed by atoms with E-state index in [1.807, 2.05) is 0 Å². The van der Waals surface area contributed by atoms with Crippen LogP contribution in [-0.4, -0.2) is 0 Å². The Morgan fingerprint density at radius 3 is 2.66 bits per heavy atom. The van der Waals surface area contributed by atoms with Gasteiger partial charge < -0.3 is 4.74 Å². The van der Waals surface area contributed by atoms with E-state index in [9.17, 15) is 0 Å². The molecular weight excluding hydrogens is 354 g/mol. The van der Waals surface area contributed by atoms with Crippen molar-refractivity contribution in [3.05, 3.63) is 65.9 Å². The van der Waals surface area contributed by atoms with Gasteiger partial charge in [0, 0.05) is 16.2 Å². The zero-order valence-corrected chi connectivity index (χ0v) is 17.2. The van der Waals surface area contributed by atoms with Crippen LogP contribution in [-0.2, 0) is 7.05 Å². The van der Waals surface area contributed by atoms with E-state index in [1.54, 1.807) is 0 Å². The van der Waals surface area contributed by atoms with Crippen molar-refractivity contribution >= 4 is 21.5 Å². The molecule has 2 heterocycles. The molecule has 2 nitrogen and oxygen atoms in total. The SMILES string of the molecule is Cc1ccc2cccc3c2c1-c1c(c2ccc(C4CCCCC4)cc2c[n+]1C)O3. The standard InChI is InChI=1S/C27H26NO/c1-17-11-12-19-9-6-10-23-25(19)24(17)26-27(29-23)22-14-13-20(15-21(22)16-28(26)2)18-7-4-3-5-8-18/h6,9-16,18H,3-5,7-8H2,1-2H3/q+1. The summed E-state index contributed by atoms with van der Waals surface area (Å²) in [7, 11) is 2.15. The number of ether oxygens (including phenoxy) is 1. The van der Waals surface area contributed by atoms with Gasteiger partial charge in [-0.25, -0.2) is 0 Å². The molecule has 0 atom stereocenters. The van der Waals surface area contributed by atoms with E-state index < -0.39 is 0 Å². The first-order valence-electron chi connectivity index (χ1n) is 10.9. The fourth-order valence-electron chi connectivity index (χ4n) is 5.49. The molecular formula is C27H26NO+. The van der Waals surface area contributed by atoms with E-state index >= 15 is 0 Å². The van der Waals surface area contributed by atoms with Gasteiger partial charge in [0.25, 0.3) is 5.69 Å². The number of fused-ring (bicyclic) bond motifs is 4. The lowest BCUT2D eigenvalue weighted by molar-refractivity contribution is -0.659. The van der Waals surface area contributed by atoms with Crippen LogP contribution in [0, 0.1) is 6.92 Å². The van der Waals surface area contributed by atoms with E-state index in [0.717, 1.165) is 11.5 Å². The molecule has 2 aliphatic rings. The van der Waals surface area contributed by atoms with Crippen molar-refractivity contribution in [3.8, 4) is 22.8 Å². The molecule has 0 spiro atoms. The molecule has 1 aromatic heterocycles. The van der Waals surface area contributed by atoms with Crippen molar-refractivity contribution in [2.24, 2.45) is 7.05 Å². The highest BCUT2D eigenvalue weighted by molar-refractivity contribution is 6.06. The van der Waals surface area contributed by atoms with Crippen molar-refractivity contribution in [2.45, 2.75) is 44.9 Å². The molecule has 29 heavy (non-hydrogen) atoms. The fourth-order valence-corrected chi connectivity index (χ4v) is 5.49. The van der Waals surface area contributed by atoms with Gasteiger partial charge >= 0.3 is 0 Å². The highest BCUT2D eigenvalue weighted by Gasteiger charge is 2.31. The predicted molar refractivity (Wildman–Crippen MR) is 119 cm³/mol. The van der Waals surface area contributed by atoms with Crippen molar-refractivity contribution in [2.75, 3.05) is 0 Å². The summed E-state index contributed by atoms with van der Waals surface area (Å²) in [6.07, 6.45) is 9.07. The summed E-state index contributed by atoms with van der Waals surface area (Å²) in [5, 5.41) is 4.96. The molecule has 144 valence electrons. The first kappa shape index (κ1) is 17.0. The molecule has 3 aromatic carbocycles. The second-order valence-corrected chi connectivity index (χ2v) is 8.81. The molecule has 1 aliphatic carbocycles. The van der Waals surface area contributed by atoms with Crippen molar-refractivity contribution in [1.29, 1.82) is 0 Å². The summed E-state index contributed by atoms with van der Waals surface area (Å²) in [4.78, 5) is 0. The van der Waals surface area contributed by atoms with Gasteiger partial charge in [-0.05, 0) is 60.4 Å². The minimum absolute atomic E-state index is 0.715. The maximum absolute atomic E-state index is 6.56. The van der Waals surface area contributed by atoms with Crippen LogP contribution in [0.15, 0.2) is 54.7 Å². The average Bonchev–Trinajstić information content (AvgIpc) is 2.76. The summed E-state index contributed by atoms with van der Waals surface area (Å²) >= 11 is 0. The van der Waals surface area contributed by atoms with Crippen LogP contribution >= 0.6 is 0 Å². The van der Waals surface area contributed by atoms with E-state index in [0.29, 0.717) is 5.92 Å². The molecule has 0 saturated heterocycles. The molecule has 2 heteroatoms. The molecule has 1 saturated carbocycles. The normalized spacial score (nSPS) is 16.1. The Kier molecular flexibility index (Phi) is 3.71. The van der Waals surface area contributed by atoms with Gasteiger partial charge in [-0.15, -0.1) is 0 Å². The van der Waals surface area contributed by atoms with Gasteiger partial charge in [0.1, 0.15) is 12.8 Å². The highest BCUT2D eigenvalue weighted by Crippen LogP contribution is 2.49. The van der Waals surface area contributed by atoms with E-state index in [2.05, 4.69) is 73.3 Å². The summed E-state index contributed by atoms with van der Waals surface area (Å²) in [5.74, 6) is 2.68. The number of benzene rings is 3. The number of aromatic nitrogens is 1. The van der Waals surface area contributed by atoms with E-state index in [1.165, 1.54) is 76.0 Å². The van der Waals surface area contributed by atoms with Gasteiger partial charge in [-0.1, -0.05) is 49.6 Å². The third-order valence-electron chi connectivity index (χ3n) is 6.96. The Labute approximate surface area is 171 Å². The second kappa shape index (κ2) is 6.32. The quantitative estimate of drug-likeness (QED) is 0.287. The van der Waals surface area contributed by atoms with Crippen LogP contribution in [0.25, 0.3) is 32.8 Å². The van der Waals surface area contributed by atoms with Crippen LogP contribution in [0.3, 0.4) is 0 Å². The maximum atomic E-state index is 6.56. The Morgan fingerprint density at radius 1 is 0.931 bits per heavy atom. The third-order valence-corrected chi connectivity index (χ3v) is 6.96. The van der Waals surface area contributed by atoms with Crippen LogP contribution in [0.2, 0.25) is 0 Å². The number of nitrogens with zero attached hydrogens (tertiary/aromatic N) is 1. The smallest absolute Gasteiger partial charge is 0.257 e. The largest absolute Gasteiger partial charge is 0.449 e. The first-order valence-corrected chi connectivity index (χ1v) is 10.9. The van der Waals surface area contributed by atoms with Crippen LogP contribution in [0.1, 0.15) is 49.1 Å². The number of rotatable bonds is 1. The van der Waals surface area contributed by atoms with E-state index in [-0.39, 0.29) is 0 Å². The summed E-state index contributed by atoms with van der Waals surface area (Å²) < 4.78 is 8.83. The molecule has 1 aliphatic heterocycles. The zero-order chi connectivity index (χ0) is 19.5. The number of hydrogen-bond donors (Lipinski definition) is 0. The lowest BCUT2D eigenvalue weighted by Gasteiger charge is -2.24. The van der Waals surface area contributed by atoms with Gasteiger partial charge in [0.15, 0.2) is 6.20 Å². The van der Waals surface area contributed by atoms with Crippen molar-refractivity contribution in [1.82, 2.24) is 0 Å². The average molecular weight is 381 g/mol. The molecule has 0 radical (unpaired) electrons. The van der Waals surface area contributed by atoms with Gasteiger partial charge in [0.05, 0.1) is 5.56 Å².